The Morgan fingerprint density at radius 1 is 1.44 bits per heavy atom. The van der Waals surface area contributed by atoms with Gasteiger partial charge in [-0.3, -0.25) is 5.32 Å². The number of nitrogens with zero attached hydrogens (tertiary/aromatic N) is 1. The highest BCUT2D eigenvalue weighted by Crippen LogP contribution is 2.29. The van der Waals surface area contributed by atoms with Crippen molar-refractivity contribution in [2.24, 2.45) is 11.8 Å². The fourth-order valence-corrected chi connectivity index (χ4v) is 3.24. The highest BCUT2D eigenvalue weighted by molar-refractivity contribution is 4.85. The topological polar surface area (TPSA) is 24.5 Å². The quantitative estimate of drug-likeness (QED) is 0.837. The number of rotatable bonds is 3. The van der Waals surface area contributed by atoms with Gasteiger partial charge in [0.05, 0.1) is 6.61 Å². The van der Waals surface area contributed by atoms with E-state index in [1.807, 2.05) is 0 Å². The van der Waals surface area contributed by atoms with Gasteiger partial charge in [0.25, 0.3) is 0 Å². The average Bonchev–Trinajstić information content (AvgIpc) is 2.33. The Labute approximate surface area is 112 Å². The normalized spacial score (nSPS) is 39.2. The highest BCUT2D eigenvalue weighted by Gasteiger charge is 2.34. The molecule has 0 aromatic rings. The van der Waals surface area contributed by atoms with E-state index in [1.54, 1.807) is 0 Å². The lowest BCUT2D eigenvalue weighted by Gasteiger charge is -2.43. The Morgan fingerprint density at radius 3 is 2.83 bits per heavy atom. The molecule has 0 bridgehead atoms. The second-order valence-electron chi connectivity index (χ2n) is 6.83. The average molecular weight is 254 g/mol. The summed E-state index contributed by atoms with van der Waals surface area (Å²) in [6, 6.07) is 0.681. The Kier molecular flexibility index (Phi) is 4.68. The largest absolute Gasteiger partial charge is 0.361 e. The van der Waals surface area contributed by atoms with Gasteiger partial charge in [-0.1, -0.05) is 6.92 Å². The van der Waals surface area contributed by atoms with Crippen molar-refractivity contribution in [3.05, 3.63) is 0 Å². The molecule has 0 radical (unpaired) electrons. The maximum Gasteiger partial charge on any atom is 0.116 e. The predicted octanol–water partition coefficient (Wildman–Crippen LogP) is 2.47. The maximum atomic E-state index is 6.05. The molecule has 0 aromatic carbocycles. The molecule has 0 saturated carbocycles. The summed E-state index contributed by atoms with van der Waals surface area (Å²) in [6.07, 6.45) is 3.86. The second-order valence-corrected chi connectivity index (χ2v) is 6.83. The van der Waals surface area contributed by atoms with Gasteiger partial charge in [-0.2, -0.15) is 0 Å². The van der Waals surface area contributed by atoms with Gasteiger partial charge in [-0.25, -0.2) is 0 Å². The smallest absolute Gasteiger partial charge is 0.116 e. The summed E-state index contributed by atoms with van der Waals surface area (Å²) in [6.45, 7) is 13.6. The van der Waals surface area contributed by atoms with Crippen molar-refractivity contribution in [2.75, 3.05) is 26.2 Å². The highest BCUT2D eigenvalue weighted by atomic mass is 16.5. The third-order valence-corrected chi connectivity index (χ3v) is 4.47. The van der Waals surface area contributed by atoms with Crippen LogP contribution in [0.25, 0.3) is 0 Å². The van der Waals surface area contributed by atoms with Gasteiger partial charge >= 0.3 is 0 Å². The summed E-state index contributed by atoms with van der Waals surface area (Å²) < 4.78 is 6.05. The van der Waals surface area contributed by atoms with Gasteiger partial charge in [-0.05, 0) is 58.4 Å². The molecule has 1 N–H and O–H groups in total. The predicted molar refractivity (Wildman–Crippen MR) is 75.6 cm³/mol. The maximum absolute atomic E-state index is 6.05. The summed E-state index contributed by atoms with van der Waals surface area (Å²) in [5.74, 6) is 1.43. The van der Waals surface area contributed by atoms with Crippen molar-refractivity contribution >= 4 is 0 Å². The Hall–Kier alpha value is -0.120. The molecular formula is C15H30N2O. The van der Waals surface area contributed by atoms with E-state index in [9.17, 15) is 0 Å². The van der Waals surface area contributed by atoms with Crippen molar-refractivity contribution in [1.82, 2.24) is 10.2 Å². The van der Waals surface area contributed by atoms with E-state index in [2.05, 4.69) is 37.9 Å². The summed E-state index contributed by atoms with van der Waals surface area (Å²) in [4.78, 5) is 2.61. The van der Waals surface area contributed by atoms with Crippen LogP contribution >= 0.6 is 0 Å². The lowest BCUT2D eigenvalue weighted by atomic mass is 9.88. The molecule has 0 spiro atoms. The summed E-state index contributed by atoms with van der Waals surface area (Å²) in [7, 11) is 0. The molecular weight excluding hydrogens is 224 g/mol. The van der Waals surface area contributed by atoms with Crippen molar-refractivity contribution in [3.8, 4) is 0 Å². The van der Waals surface area contributed by atoms with E-state index < -0.39 is 0 Å². The molecule has 2 rings (SSSR count). The van der Waals surface area contributed by atoms with Crippen molar-refractivity contribution in [3.63, 3.8) is 0 Å². The molecule has 106 valence electrons. The monoisotopic (exact) mass is 254 g/mol. The van der Waals surface area contributed by atoms with Crippen LogP contribution in [0, 0.1) is 11.8 Å². The molecule has 0 amide bonds. The number of likely N-dealkylation sites (tertiary alicyclic amines) is 1. The summed E-state index contributed by atoms with van der Waals surface area (Å²) >= 11 is 0. The van der Waals surface area contributed by atoms with Crippen LogP contribution in [0.15, 0.2) is 0 Å². The van der Waals surface area contributed by atoms with Crippen LogP contribution in [0.2, 0.25) is 0 Å². The molecule has 2 aliphatic rings. The van der Waals surface area contributed by atoms with E-state index in [-0.39, 0.29) is 5.72 Å². The third kappa shape index (κ3) is 3.69. The molecule has 3 unspecified atom stereocenters. The van der Waals surface area contributed by atoms with Crippen molar-refractivity contribution in [1.29, 1.82) is 0 Å². The molecule has 0 aliphatic carbocycles. The van der Waals surface area contributed by atoms with Crippen LogP contribution in [0.1, 0.15) is 47.0 Å². The van der Waals surface area contributed by atoms with Gasteiger partial charge in [0, 0.05) is 19.1 Å². The minimum atomic E-state index is -0.0861. The lowest BCUT2D eigenvalue weighted by molar-refractivity contribution is -0.117. The fourth-order valence-electron chi connectivity index (χ4n) is 3.24. The number of ether oxygens (including phenoxy) is 1. The molecule has 3 heteroatoms. The minimum absolute atomic E-state index is 0.0861. The van der Waals surface area contributed by atoms with Crippen LogP contribution < -0.4 is 5.32 Å². The molecule has 2 heterocycles. The number of nitrogens with one attached hydrogen (secondary N) is 1. The summed E-state index contributed by atoms with van der Waals surface area (Å²) in [5, 5.41) is 3.60. The van der Waals surface area contributed by atoms with Gasteiger partial charge in [0.1, 0.15) is 5.72 Å². The fraction of sp³-hybridized carbons (Fsp3) is 1.00. The minimum Gasteiger partial charge on any atom is -0.361 e. The lowest BCUT2D eigenvalue weighted by Crippen LogP contribution is -2.54. The first-order chi connectivity index (χ1) is 8.48. The Morgan fingerprint density at radius 2 is 2.22 bits per heavy atom. The van der Waals surface area contributed by atoms with Gasteiger partial charge in [0.2, 0.25) is 0 Å². The van der Waals surface area contributed by atoms with E-state index in [1.165, 1.54) is 25.9 Å². The first kappa shape index (κ1) is 14.3. The first-order valence-electron chi connectivity index (χ1n) is 7.61. The van der Waals surface area contributed by atoms with E-state index in [0.29, 0.717) is 12.0 Å². The standard InChI is InChI=1S/C15H30N2O/c1-12(2)17-7-5-6-14(10-17)8-15(4)16-9-13(3)11-18-15/h12-14,16H,5-11H2,1-4H3. The van der Waals surface area contributed by atoms with E-state index in [0.717, 1.165) is 25.5 Å². The van der Waals surface area contributed by atoms with Crippen LogP contribution in [-0.2, 0) is 4.74 Å². The van der Waals surface area contributed by atoms with Crippen LogP contribution in [0.3, 0.4) is 0 Å². The number of hydrogen-bond acceptors (Lipinski definition) is 3. The van der Waals surface area contributed by atoms with Crippen LogP contribution in [0.4, 0.5) is 0 Å². The van der Waals surface area contributed by atoms with Gasteiger partial charge < -0.3 is 9.64 Å². The van der Waals surface area contributed by atoms with Crippen molar-refractivity contribution in [2.45, 2.75) is 58.7 Å². The zero-order chi connectivity index (χ0) is 13.2. The second kappa shape index (κ2) is 5.89. The SMILES string of the molecule is CC1CNC(C)(CC2CCCN(C(C)C)C2)OC1. The molecule has 3 atom stereocenters. The van der Waals surface area contributed by atoms with E-state index in [4.69, 9.17) is 4.74 Å². The first-order valence-corrected chi connectivity index (χ1v) is 7.61. The number of piperidine rings is 1. The Bertz CT molecular complexity index is 259. The molecule has 2 aliphatic heterocycles. The van der Waals surface area contributed by atoms with Crippen LogP contribution in [0.5, 0.6) is 0 Å². The zero-order valence-electron chi connectivity index (χ0n) is 12.5. The van der Waals surface area contributed by atoms with Gasteiger partial charge in [0.15, 0.2) is 0 Å². The third-order valence-electron chi connectivity index (χ3n) is 4.47. The number of hydrogen-bond donors (Lipinski definition) is 1. The summed E-state index contributed by atoms with van der Waals surface area (Å²) in [5.41, 5.74) is -0.0861. The van der Waals surface area contributed by atoms with Crippen LogP contribution in [-0.4, -0.2) is 42.9 Å². The zero-order valence-corrected chi connectivity index (χ0v) is 12.5. The molecule has 2 fully saturated rings. The van der Waals surface area contributed by atoms with E-state index >= 15 is 0 Å². The van der Waals surface area contributed by atoms with Gasteiger partial charge in [-0.15, -0.1) is 0 Å². The molecule has 18 heavy (non-hydrogen) atoms. The Balaban J connectivity index is 1.85. The molecule has 3 nitrogen and oxygen atoms in total. The van der Waals surface area contributed by atoms with Crippen molar-refractivity contribution < 1.29 is 4.74 Å². The molecule has 2 saturated heterocycles. The molecule has 0 aromatic heterocycles.